The van der Waals surface area contributed by atoms with Crippen LogP contribution in [0.2, 0.25) is 0 Å². The number of hydrogen-bond acceptors (Lipinski definition) is 8. The van der Waals surface area contributed by atoms with Crippen LogP contribution in [0.15, 0.2) is 82.1 Å². The SMILES string of the molecule is CCOc1cc2cccc(C(=O)OCOC(=O)C(C)(C)C)c2n1Cc1ccc(-c2ccccc2-c2noc(=O)[nH]2)cc1. The molecule has 5 aromatic rings. The van der Waals surface area contributed by atoms with Crippen LogP contribution in [0.5, 0.6) is 5.88 Å². The summed E-state index contributed by atoms with van der Waals surface area (Å²) >= 11 is 0. The van der Waals surface area contributed by atoms with Gasteiger partial charge in [0.15, 0.2) is 11.7 Å². The number of fused-ring (bicyclic) bond motifs is 1. The van der Waals surface area contributed by atoms with Gasteiger partial charge in [0.25, 0.3) is 0 Å². The summed E-state index contributed by atoms with van der Waals surface area (Å²) in [7, 11) is 0. The van der Waals surface area contributed by atoms with E-state index in [1.807, 2.05) is 72.2 Å². The molecule has 2 aromatic heterocycles. The number of carbonyl (C=O) groups is 2. The quantitative estimate of drug-likeness (QED) is 0.174. The van der Waals surface area contributed by atoms with Crippen LogP contribution < -0.4 is 10.5 Å². The molecular weight excluding hydrogens is 538 g/mol. The molecule has 0 atom stereocenters. The molecule has 0 aliphatic rings. The third kappa shape index (κ3) is 5.97. The lowest BCUT2D eigenvalue weighted by Crippen LogP contribution is -2.24. The van der Waals surface area contributed by atoms with Crippen LogP contribution >= 0.6 is 0 Å². The molecule has 216 valence electrons. The van der Waals surface area contributed by atoms with Crippen molar-refractivity contribution >= 4 is 22.8 Å². The topological polar surface area (TPSA) is 126 Å². The van der Waals surface area contributed by atoms with Gasteiger partial charge in [0.1, 0.15) is 0 Å². The molecule has 0 radical (unpaired) electrons. The average molecular weight is 570 g/mol. The fourth-order valence-electron chi connectivity index (χ4n) is 4.58. The Morgan fingerprint density at radius 2 is 1.69 bits per heavy atom. The second-order valence-corrected chi connectivity index (χ2v) is 10.7. The fraction of sp³-hybridized carbons (Fsp3) is 0.250. The Bertz CT molecular complexity index is 1790. The number of aromatic nitrogens is 3. The number of nitrogens with one attached hydrogen (secondary N) is 1. The standard InChI is InChI=1S/C32H31N3O7/c1-5-39-26-17-22-9-8-12-25(29(36)40-19-41-30(37)32(2,3)4)27(22)35(26)18-20-13-15-21(16-14-20)23-10-6-7-11-24(23)28-33-31(38)42-34-28/h6-17H,5,18-19H2,1-4H3,(H,33,34,38). The average Bonchev–Trinajstić information content (AvgIpc) is 3.56. The number of aromatic amines is 1. The van der Waals surface area contributed by atoms with E-state index in [9.17, 15) is 14.4 Å². The van der Waals surface area contributed by atoms with E-state index in [2.05, 4.69) is 10.1 Å². The molecule has 0 fully saturated rings. The summed E-state index contributed by atoms with van der Waals surface area (Å²) in [5, 5.41) is 4.65. The lowest BCUT2D eigenvalue weighted by Gasteiger charge is -2.17. The summed E-state index contributed by atoms with van der Waals surface area (Å²) in [6.07, 6.45) is 0. The molecule has 0 unspecified atom stereocenters. The molecule has 0 aliphatic heterocycles. The lowest BCUT2D eigenvalue weighted by atomic mass is 9.98. The van der Waals surface area contributed by atoms with Crippen LogP contribution in [0.1, 0.15) is 43.6 Å². The van der Waals surface area contributed by atoms with E-state index >= 15 is 0 Å². The van der Waals surface area contributed by atoms with Crippen molar-refractivity contribution in [3.8, 4) is 28.4 Å². The number of ether oxygens (including phenoxy) is 3. The van der Waals surface area contributed by atoms with Crippen molar-refractivity contribution in [2.45, 2.75) is 34.2 Å². The van der Waals surface area contributed by atoms with E-state index in [0.29, 0.717) is 35.9 Å². The number of rotatable bonds is 9. The Kier molecular flexibility index (Phi) is 7.97. The van der Waals surface area contributed by atoms with Gasteiger partial charge in [-0.05, 0) is 50.5 Å². The van der Waals surface area contributed by atoms with Crippen LogP contribution in [-0.4, -0.2) is 40.0 Å². The normalized spacial score (nSPS) is 11.4. The van der Waals surface area contributed by atoms with E-state index in [-0.39, 0.29) is 0 Å². The zero-order valence-electron chi connectivity index (χ0n) is 23.8. The first-order valence-electron chi connectivity index (χ1n) is 13.5. The van der Waals surface area contributed by atoms with E-state index in [4.69, 9.17) is 18.7 Å². The summed E-state index contributed by atoms with van der Waals surface area (Å²) in [4.78, 5) is 39.3. The number of esters is 2. The zero-order chi connectivity index (χ0) is 29.9. The van der Waals surface area contributed by atoms with Gasteiger partial charge in [-0.15, -0.1) is 0 Å². The molecule has 10 heteroatoms. The second kappa shape index (κ2) is 11.8. The van der Waals surface area contributed by atoms with Crippen molar-refractivity contribution in [2.24, 2.45) is 5.41 Å². The Morgan fingerprint density at radius 3 is 2.36 bits per heavy atom. The van der Waals surface area contributed by atoms with Gasteiger partial charge in [0, 0.05) is 17.0 Å². The smallest absolute Gasteiger partial charge is 0.439 e. The highest BCUT2D eigenvalue weighted by Crippen LogP contribution is 2.32. The minimum atomic E-state index is -0.708. The van der Waals surface area contributed by atoms with E-state index in [1.54, 1.807) is 32.9 Å². The molecular formula is C32H31N3O7. The third-order valence-electron chi connectivity index (χ3n) is 6.61. The molecule has 1 N–H and O–H groups in total. The molecule has 2 heterocycles. The Labute approximate surface area is 241 Å². The second-order valence-electron chi connectivity index (χ2n) is 10.7. The van der Waals surface area contributed by atoms with Gasteiger partial charge in [-0.1, -0.05) is 65.8 Å². The molecule has 0 aliphatic carbocycles. The summed E-state index contributed by atoms with van der Waals surface area (Å²) in [6.45, 7) is 7.46. The van der Waals surface area contributed by atoms with Gasteiger partial charge in [0.2, 0.25) is 6.79 Å². The van der Waals surface area contributed by atoms with Gasteiger partial charge >= 0.3 is 17.7 Å². The first kappa shape index (κ1) is 28.4. The lowest BCUT2D eigenvalue weighted by molar-refractivity contribution is -0.161. The highest BCUT2D eigenvalue weighted by Gasteiger charge is 2.24. The van der Waals surface area contributed by atoms with Crippen molar-refractivity contribution in [3.05, 3.63) is 94.5 Å². The monoisotopic (exact) mass is 569 g/mol. The Balaban J connectivity index is 1.43. The van der Waals surface area contributed by atoms with Gasteiger partial charge in [-0.2, -0.15) is 0 Å². The molecule has 0 saturated heterocycles. The van der Waals surface area contributed by atoms with Crippen LogP contribution in [0.4, 0.5) is 0 Å². The first-order chi connectivity index (χ1) is 20.2. The minimum Gasteiger partial charge on any atom is -0.479 e. The number of para-hydroxylation sites is 1. The predicted molar refractivity (Wildman–Crippen MR) is 156 cm³/mol. The zero-order valence-corrected chi connectivity index (χ0v) is 23.8. The predicted octanol–water partition coefficient (Wildman–Crippen LogP) is 5.80. The summed E-state index contributed by atoms with van der Waals surface area (Å²) in [5.41, 5.74) is 3.78. The van der Waals surface area contributed by atoms with Crippen molar-refractivity contribution in [3.63, 3.8) is 0 Å². The van der Waals surface area contributed by atoms with E-state index in [1.165, 1.54) is 0 Å². The number of H-pyrrole nitrogens is 1. The largest absolute Gasteiger partial charge is 0.479 e. The van der Waals surface area contributed by atoms with Crippen LogP contribution in [-0.2, 0) is 20.8 Å². The molecule has 0 saturated carbocycles. The summed E-state index contributed by atoms with van der Waals surface area (Å²) in [6, 6.07) is 22.8. The maximum Gasteiger partial charge on any atom is 0.439 e. The highest BCUT2D eigenvalue weighted by atomic mass is 16.7. The maximum absolute atomic E-state index is 13.1. The summed E-state index contributed by atoms with van der Waals surface area (Å²) in [5.74, 6) is -0.726. The van der Waals surface area contributed by atoms with E-state index in [0.717, 1.165) is 27.6 Å². The number of benzene rings is 3. The third-order valence-corrected chi connectivity index (χ3v) is 6.61. The summed E-state index contributed by atoms with van der Waals surface area (Å²) < 4.78 is 23.0. The Morgan fingerprint density at radius 1 is 0.952 bits per heavy atom. The molecule has 10 nitrogen and oxygen atoms in total. The molecule has 0 spiro atoms. The molecule has 0 bridgehead atoms. The molecule has 0 amide bonds. The number of nitrogens with zero attached hydrogens (tertiary/aromatic N) is 2. The van der Waals surface area contributed by atoms with Gasteiger partial charge < -0.3 is 18.8 Å². The maximum atomic E-state index is 13.1. The molecule has 5 rings (SSSR count). The van der Waals surface area contributed by atoms with Crippen molar-refractivity contribution in [2.75, 3.05) is 13.4 Å². The fourth-order valence-corrected chi connectivity index (χ4v) is 4.58. The van der Waals surface area contributed by atoms with Crippen molar-refractivity contribution in [1.29, 1.82) is 0 Å². The van der Waals surface area contributed by atoms with Crippen molar-refractivity contribution in [1.82, 2.24) is 14.7 Å². The first-order valence-corrected chi connectivity index (χ1v) is 13.5. The number of hydrogen-bond donors (Lipinski definition) is 1. The molecule has 42 heavy (non-hydrogen) atoms. The van der Waals surface area contributed by atoms with E-state index < -0.39 is 29.9 Å². The van der Waals surface area contributed by atoms with Crippen LogP contribution in [0.3, 0.4) is 0 Å². The Hall–Kier alpha value is -5.12. The van der Waals surface area contributed by atoms with Crippen molar-refractivity contribution < 1.29 is 28.3 Å². The molecule has 3 aromatic carbocycles. The number of carbonyl (C=O) groups excluding carboxylic acids is 2. The van der Waals surface area contributed by atoms with Crippen LogP contribution in [0, 0.1) is 5.41 Å². The van der Waals surface area contributed by atoms with Gasteiger partial charge in [0.05, 0.1) is 29.6 Å². The van der Waals surface area contributed by atoms with Crippen LogP contribution in [0.25, 0.3) is 33.4 Å². The van der Waals surface area contributed by atoms with Gasteiger partial charge in [-0.3, -0.25) is 14.3 Å². The van der Waals surface area contributed by atoms with Gasteiger partial charge in [-0.25, -0.2) is 9.59 Å². The minimum absolute atomic E-state index is 0.331. The highest BCUT2D eigenvalue weighted by molar-refractivity contribution is 6.04.